The molecule has 1 heterocycles. The standard InChI is InChI=1S/C24H40N8O5/c1-4-15(2)20(25)23(35)31-14-6-8-19(31)22(34)30-18(7-5-13-28-24(26)27)21(33)29-16-9-11-17(12-10-16)32(3,36)37/h9-12,15,18-20,36H,4-8,13-14,25H2,1-3H3,(H,29,33)(H,30,34)(H4,26,27,28). The fraction of sp³-hybridized carbons (Fsp3) is 0.583. The van der Waals surface area contributed by atoms with E-state index in [4.69, 9.17) is 17.2 Å². The molecule has 5 unspecified atom stereocenters. The van der Waals surface area contributed by atoms with E-state index in [0.717, 1.165) is 13.5 Å². The molecule has 2 rings (SSSR count). The Hall–Kier alpha value is -3.26. The van der Waals surface area contributed by atoms with Crippen LogP contribution in [0.5, 0.6) is 0 Å². The number of nitrogens with two attached hydrogens (primary N) is 3. The maximum atomic E-state index is 13.2. The summed E-state index contributed by atoms with van der Waals surface area (Å²) in [5.74, 6) is -1.29. The minimum absolute atomic E-state index is 0.0265. The summed E-state index contributed by atoms with van der Waals surface area (Å²) in [7, 11) is 1.06. The first-order chi connectivity index (χ1) is 17.3. The highest BCUT2D eigenvalue weighted by molar-refractivity contribution is 5.98. The molecule has 1 fully saturated rings. The zero-order valence-corrected chi connectivity index (χ0v) is 21.7. The average molecular weight is 521 g/mol. The number of benzene rings is 1. The van der Waals surface area contributed by atoms with Crippen molar-refractivity contribution < 1.29 is 19.6 Å². The summed E-state index contributed by atoms with van der Waals surface area (Å²) in [6.07, 6.45) is 2.53. The van der Waals surface area contributed by atoms with Gasteiger partial charge in [-0.15, -0.1) is 0 Å². The Balaban J connectivity index is 2.13. The minimum atomic E-state index is -1.60. The molecule has 1 aliphatic rings. The van der Waals surface area contributed by atoms with Gasteiger partial charge in [0, 0.05) is 30.9 Å². The molecule has 0 radical (unpaired) electrons. The Kier molecular flexibility index (Phi) is 10.8. The van der Waals surface area contributed by atoms with Crippen molar-refractivity contribution in [1.29, 1.82) is 0 Å². The third-order valence-electron chi connectivity index (χ3n) is 6.57. The molecule has 1 aromatic rings. The van der Waals surface area contributed by atoms with E-state index in [1.54, 1.807) is 0 Å². The summed E-state index contributed by atoms with van der Waals surface area (Å²) in [5.41, 5.74) is 17.3. The van der Waals surface area contributed by atoms with E-state index >= 15 is 0 Å². The topological polar surface area (TPSA) is 212 Å². The van der Waals surface area contributed by atoms with E-state index in [9.17, 15) is 24.8 Å². The van der Waals surface area contributed by atoms with Crippen molar-refractivity contribution in [3.63, 3.8) is 0 Å². The molecule has 0 saturated carbocycles. The summed E-state index contributed by atoms with van der Waals surface area (Å²) >= 11 is 0. The summed E-state index contributed by atoms with van der Waals surface area (Å²) in [4.78, 5) is 43.1. The summed E-state index contributed by atoms with van der Waals surface area (Å²) in [6, 6.07) is 3.38. The number of guanidine groups is 1. The Morgan fingerprint density at radius 2 is 1.92 bits per heavy atom. The monoisotopic (exact) mass is 520 g/mol. The van der Waals surface area contributed by atoms with Gasteiger partial charge in [-0.2, -0.15) is 4.81 Å². The highest BCUT2D eigenvalue weighted by atomic mass is 16.8. The second-order valence-corrected chi connectivity index (χ2v) is 9.53. The van der Waals surface area contributed by atoms with Crippen LogP contribution in [0.3, 0.4) is 0 Å². The second-order valence-electron chi connectivity index (χ2n) is 9.53. The van der Waals surface area contributed by atoms with Crippen molar-refractivity contribution in [2.24, 2.45) is 28.1 Å². The number of hydrogen-bond donors (Lipinski definition) is 6. The van der Waals surface area contributed by atoms with Crippen molar-refractivity contribution in [3.8, 4) is 0 Å². The number of rotatable bonds is 12. The molecule has 0 spiro atoms. The van der Waals surface area contributed by atoms with Gasteiger partial charge in [0.2, 0.25) is 17.7 Å². The number of nitrogens with one attached hydrogen (secondary N) is 2. The summed E-state index contributed by atoms with van der Waals surface area (Å²) in [5, 5.41) is 26.7. The van der Waals surface area contributed by atoms with Crippen LogP contribution >= 0.6 is 0 Å². The van der Waals surface area contributed by atoms with E-state index in [1.165, 1.54) is 29.2 Å². The van der Waals surface area contributed by atoms with Crippen LogP contribution in [0.15, 0.2) is 29.3 Å². The molecule has 1 aromatic carbocycles. The number of nitrogens with zero attached hydrogens (tertiary/aromatic N) is 3. The number of carbonyl (C=O) groups excluding carboxylic acids is 3. The largest absolute Gasteiger partial charge is 0.593 e. The molecule has 206 valence electrons. The maximum absolute atomic E-state index is 13.2. The first-order valence-electron chi connectivity index (χ1n) is 12.5. The maximum Gasteiger partial charge on any atom is 0.246 e. The first-order valence-corrected chi connectivity index (χ1v) is 12.5. The number of carbonyl (C=O) groups is 3. The van der Waals surface area contributed by atoms with Gasteiger partial charge in [-0.05, 0) is 43.7 Å². The van der Waals surface area contributed by atoms with E-state index in [1.807, 2.05) is 13.8 Å². The Labute approximate surface area is 217 Å². The lowest BCUT2D eigenvalue weighted by atomic mass is 9.98. The smallest absolute Gasteiger partial charge is 0.246 e. The fourth-order valence-corrected chi connectivity index (χ4v) is 4.08. The lowest BCUT2D eigenvalue weighted by Gasteiger charge is -2.30. The predicted molar refractivity (Wildman–Crippen MR) is 142 cm³/mol. The number of hydroxylamine groups is 2. The van der Waals surface area contributed by atoms with Crippen LogP contribution in [0.1, 0.15) is 46.0 Å². The highest BCUT2D eigenvalue weighted by Gasteiger charge is 2.38. The normalized spacial score (nSPS) is 19.3. The van der Waals surface area contributed by atoms with Gasteiger partial charge in [-0.1, -0.05) is 20.3 Å². The molecule has 0 aromatic heterocycles. The molecule has 5 atom stereocenters. The highest BCUT2D eigenvalue weighted by Crippen LogP contribution is 2.22. The number of hydrogen-bond acceptors (Lipinski definition) is 7. The van der Waals surface area contributed by atoms with Crippen LogP contribution in [-0.2, 0) is 14.4 Å². The SMILES string of the molecule is CCC(C)C(N)C(=O)N1CCCC1C(=O)NC(CCCN=C(N)N)C(=O)Nc1ccc([N+](C)([O-])O)cc1. The lowest BCUT2D eigenvalue weighted by Crippen LogP contribution is -2.55. The number of aliphatic imine (C=N–C) groups is 1. The van der Waals surface area contributed by atoms with E-state index in [-0.39, 0.29) is 36.4 Å². The van der Waals surface area contributed by atoms with Gasteiger partial charge >= 0.3 is 0 Å². The Morgan fingerprint density at radius 3 is 2.49 bits per heavy atom. The van der Waals surface area contributed by atoms with Crippen LogP contribution in [0.4, 0.5) is 11.4 Å². The van der Waals surface area contributed by atoms with Crippen molar-refractivity contribution >= 4 is 35.1 Å². The number of likely N-dealkylation sites (tertiary alicyclic amines) is 1. The van der Waals surface area contributed by atoms with E-state index < -0.39 is 34.7 Å². The molecule has 0 aliphatic carbocycles. The Morgan fingerprint density at radius 1 is 1.27 bits per heavy atom. The van der Waals surface area contributed by atoms with Crippen LogP contribution in [0.2, 0.25) is 0 Å². The molecule has 1 saturated heterocycles. The second kappa shape index (κ2) is 13.3. The van der Waals surface area contributed by atoms with Crippen LogP contribution in [0, 0.1) is 11.1 Å². The van der Waals surface area contributed by atoms with Gasteiger partial charge in [0.25, 0.3) is 0 Å². The number of quaternary nitrogens is 1. The van der Waals surface area contributed by atoms with Crippen LogP contribution in [0.25, 0.3) is 0 Å². The van der Waals surface area contributed by atoms with Gasteiger partial charge in [0.1, 0.15) is 19.1 Å². The van der Waals surface area contributed by atoms with Gasteiger partial charge in [0.15, 0.2) is 11.6 Å². The molecule has 9 N–H and O–H groups in total. The molecule has 13 nitrogen and oxygen atoms in total. The molecule has 0 bridgehead atoms. The van der Waals surface area contributed by atoms with Crippen molar-refractivity contribution in [2.75, 3.05) is 25.5 Å². The molecule has 1 aliphatic heterocycles. The van der Waals surface area contributed by atoms with Crippen molar-refractivity contribution in [2.45, 2.75) is 64.1 Å². The molecular formula is C24H40N8O5. The molecule has 13 heteroatoms. The summed E-state index contributed by atoms with van der Waals surface area (Å²) < 4.78 is 0. The van der Waals surface area contributed by atoms with Crippen molar-refractivity contribution in [1.82, 2.24) is 15.0 Å². The first kappa shape index (κ1) is 30.0. The fourth-order valence-electron chi connectivity index (χ4n) is 4.08. The third-order valence-corrected chi connectivity index (χ3v) is 6.57. The van der Waals surface area contributed by atoms with Crippen LogP contribution in [-0.4, -0.2) is 72.1 Å². The van der Waals surface area contributed by atoms with E-state index in [0.29, 0.717) is 31.5 Å². The summed E-state index contributed by atoms with van der Waals surface area (Å²) in [6.45, 7) is 4.55. The molecule has 37 heavy (non-hydrogen) atoms. The average Bonchev–Trinajstić information content (AvgIpc) is 3.34. The molecular weight excluding hydrogens is 480 g/mol. The van der Waals surface area contributed by atoms with Gasteiger partial charge < -0.3 is 37.9 Å². The van der Waals surface area contributed by atoms with Gasteiger partial charge in [-0.3, -0.25) is 19.4 Å². The zero-order valence-electron chi connectivity index (χ0n) is 21.7. The third kappa shape index (κ3) is 8.67. The quantitative estimate of drug-likeness (QED) is 0.0742. The number of amides is 3. The van der Waals surface area contributed by atoms with Crippen molar-refractivity contribution in [3.05, 3.63) is 29.5 Å². The van der Waals surface area contributed by atoms with E-state index in [2.05, 4.69) is 15.6 Å². The van der Waals surface area contributed by atoms with Crippen LogP contribution < -0.4 is 32.6 Å². The lowest BCUT2D eigenvalue weighted by molar-refractivity contribution is -0.140. The minimum Gasteiger partial charge on any atom is -0.593 e. The number of anilines is 1. The van der Waals surface area contributed by atoms with Gasteiger partial charge in [0.05, 0.1) is 6.04 Å². The van der Waals surface area contributed by atoms with Gasteiger partial charge in [-0.25, -0.2) is 5.21 Å². The predicted octanol–water partition coefficient (Wildman–Crippen LogP) is 0.352. The molecule has 3 amide bonds. The Bertz CT molecular complexity index is 959. The zero-order chi connectivity index (χ0) is 27.8.